The Hall–Kier alpha value is -3.06. The van der Waals surface area contributed by atoms with Gasteiger partial charge in [-0.1, -0.05) is 11.6 Å². The summed E-state index contributed by atoms with van der Waals surface area (Å²) in [6, 6.07) is 3.68. The van der Waals surface area contributed by atoms with Crippen molar-refractivity contribution in [3.05, 3.63) is 46.0 Å². The van der Waals surface area contributed by atoms with Crippen molar-refractivity contribution in [2.75, 3.05) is 26.3 Å². The zero-order valence-corrected chi connectivity index (χ0v) is 20.2. The lowest BCUT2D eigenvalue weighted by atomic mass is 10.1. The van der Waals surface area contributed by atoms with Gasteiger partial charge in [0.05, 0.1) is 24.3 Å². The average molecular weight is 539 g/mol. The molecule has 10 nitrogen and oxygen atoms in total. The van der Waals surface area contributed by atoms with E-state index in [1.165, 1.54) is 6.07 Å². The van der Waals surface area contributed by atoms with Crippen molar-refractivity contribution in [2.24, 2.45) is 0 Å². The topological polar surface area (TPSA) is 119 Å². The molecule has 6 rings (SSSR count). The molecule has 3 saturated heterocycles. The molecule has 3 fully saturated rings. The minimum absolute atomic E-state index is 0. The Morgan fingerprint density at radius 1 is 1.16 bits per heavy atom. The molecule has 5 heterocycles. The number of aliphatic hydroxyl groups excluding tert-OH is 1. The van der Waals surface area contributed by atoms with Gasteiger partial charge in [-0.15, -0.1) is 0 Å². The number of hydrogen-bond acceptors (Lipinski definition) is 8. The van der Waals surface area contributed by atoms with Gasteiger partial charge in [0.15, 0.2) is 11.8 Å². The molecule has 3 aromatic rings. The van der Waals surface area contributed by atoms with E-state index in [-0.39, 0.29) is 48.3 Å². The van der Waals surface area contributed by atoms with Crippen molar-refractivity contribution < 1.29 is 39.1 Å². The number of H-pyrrole nitrogens is 1. The third-order valence-corrected chi connectivity index (χ3v) is 7.02. The van der Waals surface area contributed by atoms with Crippen LogP contribution in [-0.4, -0.2) is 81.6 Å². The number of carbonyl (C=O) groups excluding carboxylic acids is 1. The molecule has 2 unspecified atom stereocenters. The second-order valence-corrected chi connectivity index (χ2v) is 9.62. The fourth-order valence-corrected chi connectivity index (χ4v) is 5.04. The normalized spacial score (nSPS) is 25.1. The van der Waals surface area contributed by atoms with Crippen LogP contribution in [0.2, 0.25) is 5.02 Å². The largest absolute Gasteiger partial charge is 0.471 e. The number of carbonyl (C=O) groups is 1. The number of ether oxygens (including phenoxy) is 4. The number of pyridine rings is 1. The lowest BCUT2D eigenvalue weighted by Gasteiger charge is -2.16. The summed E-state index contributed by atoms with van der Waals surface area (Å²) in [6.45, 7) is 1.05. The zero-order chi connectivity index (χ0) is 25.7. The van der Waals surface area contributed by atoms with Gasteiger partial charge in [-0.05, 0) is 31.0 Å². The molecule has 3 aliphatic heterocycles. The summed E-state index contributed by atoms with van der Waals surface area (Å²) in [4.78, 5) is 25.5. The Labute approximate surface area is 215 Å². The predicted octanol–water partition coefficient (Wildman–Crippen LogP) is 2.86. The quantitative estimate of drug-likeness (QED) is 0.492. The van der Waals surface area contributed by atoms with E-state index in [0.29, 0.717) is 18.6 Å². The molecule has 37 heavy (non-hydrogen) atoms. The fourth-order valence-electron chi connectivity index (χ4n) is 4.83. The first kappa shape index (κ1) is 24.3. The van der Waals surface area contributed by atoms with E-state index in [0.717, 1.165) is 25.0 Å². The summed E-state index contributed by atoms with van der Waals surface area (Å²) in [6.07, 6.45) is -0.292. The molecule has 2 aromatic heterocycles. The first-order valence-corrected chi connectivity index (χ1v) is 12.3. The number of aromatic nitrogens is 3. The average Bonchev–Trinajstić information content (AvgIpc) is 3.65. The highest BCUT2D eigenvalue weighted by atomic mass is 35.5. The Morgan fingerprint density at radius 2 is 1.89 bits per heavy atom. The van der Waals surface area contributed by atoms with Gasteiger partial charge in [0.1, 0.15) is 41.6 Å². The molecular formula is C24H25ClF2N4O6. The van der Waals surface area contributed by atoms with Crippen LogP contribution in [0.3, 0.4) is 0 Å². The third kappa shape index (κ3) is 4.58. The Bertz CT molecular complexity index is 1330. The molecule has 0 radical (unpaired) electrons. The second kappa shape index (κ2) is 9.67. The number of aliphatic hydroxyl groups is 1. The number of amides is 1. The summed E-state index contributed by atoms with van der Waals surface area (Å²) < 4.78 is 51.9. The molecule has 1 amide bonds. The number of fused-ring (bicyclic) bond motifs is 2. The van der Waals surface area contributed by atoms with E-state index in [4.69, 9.17) is 30.5 Å². The van der Waals surface area contributed by atoms with Crippen molar-refractivity contribution >= 4 is 28.7 Å². The molecule has 3 aliphatic rings. The van der Waals surface area contributed by atoms with Gasteiger partial charge < -0.3 is 33.9 Å². The number of halogens is 3. The molecule has 13 heteroatoms. The van der Waals surface area contributed by atoms with Crippen LogP contribution < -0.4 is 9.47 Å². The lowest BCUT2D eigenvalue weighted by Crippen LogP contribution is -2.34. The molecule has 4 atom stereocenters. The highest BCUT2D eigenvalue weighted by molar-refractivity contribution is 6.32. The second-order valence-electron chi connectivity index (χ2n) is 9.21. The minimum Gasteiger partial charge on any atom is -0.471 e. The van der Waals surface area contributed by atoms with Crippen molar-refractivity contribution in [2.45, 2.75) is 43.9 Å². The Morgan fingerprint density at radius 3 is 2.65 bits per heavy atom. The maximum atomic E-state index is 14.7. The summed E-state index contributed by atoms with van der Waals surface area (Å²) in [7, 11) is 0. The van der Waals surface area contributed by atoms with E-state index >= 15 is 0 Å². The van der Waals surface area contributed by atoms with E-state index in [1.807, 2.05) is 0 Å². The van der Waals surface area contributed by atoms with Gasteiger partial charge in [-0.2, -0.15) is 9.97 Å². The molecule has 0 spiro atoms. The van der Waals surface area contributed by atoms with Crippen LogP contribution in [0.5, 0.6) is 11.9 Å². The van der Waals surface area contributed by atoms with Crippen LogP contribution in [0.15, 0.2) is 18.2 Å². The Kier molecular flexibility index (Phi) is 6.35. The van der Waals surface area contributed by atoms with Gasteiger partial charge in [-0.25, -0.2) is 8.78 Å². The number of rotatable bonds is 6. The first-order valence-electron chi connectivity index (χ1n) is 11.9. The zero-order valence-electron chi connectivity index (χ0n) is 19.5. The summed E-state index contributed by atoms with van der Waals surface area (Å²) in [5.74, 6) is -2.27. The van der Waals surface area contributed by atoms with E-state index in [2.05, 4.69) is 15.0 Å². The van der Waals surface area contributed by atoms with Gasteiger partial charge >= 0.3 is 0 Å². The van der Waals surface area contributed by atoms with Gasteiger partial charge in [-0.3, -0.25) is 4.79 Å². The summed E-state index contributed by atoms with van der Waals surface area (Å²) in [5, 5.41) is 9.97. The van der Waals surface area contributed by atoms with Gasteiger partial charge in [0.2, 0.25) is 5.88 Å². The Balaban J connectivity index is 0.00000294. The fraction of sp³-hybridized carbons (Fsp3) is 0.458. The molecule has 0 bridgehead atoms. The monoisotopic (exact) mass is 538 g/mol. The maximum Gasteiger partial charge on any atom is 0.296 e. The first-order chi connectivity index (χ1) is 17.9. The number of benzene rings is 1. The smallest absolute Gasteiger partial charge is 0.296 e. The maximum absolute atomic E-state index is 14.7. The number of nitrogens with zero attached hydrogens (tertiary/aromatic N) is 3. The van der Waals surface area contributed by atoms with Crippen LogP contribution in [0.25, 0.3) is 11.2 Å². The van der Waals surface area contributed by atoms with E-state index in [9.17, 15) is 18.7 Å². The third-order valence-electron chi connectivity index (χ3n) is 6.75. The highest BCUT2D eigenvalue weighted by Crippen LogP contribution is 2.32. The SMILES string of the molecule is O=C(c1cc(F)c(COc2nc3nc(O[C@@H]4COC5C4OC[C@H]5O)[nH]c3cc2Cl)c(F)c1)N1CCCC1.[HH]. The van der Waals surface area contributed by atoms with Gasteiger partial charge in [0, 0.05) is 20.1 Å². The standard InChI is InChI=1S/C24H23ClF2N4O6.H2/c25-13-7-16-21(30-24(28-16)37-18-10-35-19-17(32)9-34-20(18)19)29-22(13)36-8-12-14(26)5-11(6-15(12)27)23(33)31-3-1-2-4-31;/h5-7,17-20,32H,1-4,8-10H2,(H,28,29,30);1H/t17-,18-,19?,20?;/m1./s1. The molecule has 2 N–H and O–H groups in total. The van der Waals surface area contributed by atoms with Crippen LogP contribution in [0.1, 0.15) is 30.2 Å². The number of imidazole rings is 1. The van der Waals surface area contributed by atoms with E-state index < -0.39 is 48.6 Å². The number of aromatic amines is 1. The van der Waals surface area contributed by atoms with Crippen LogP contribution in [0, 0.1) is 11.6 Å². The predicted molar refractivity (Wildman–Crippen MR) is 127 cm³/mol. The van der Waals surface area contributed by atoms with Crippen LogP contribution in [-0.2, 0) is 16.1 Å². The van der Waals surface area contributed by atoms with Crippen LogP contribution in [0.4, 0.5) is 8.78 Å². The number of hydrogen-bond donors (Lipinski definition) is 2. The van der Waals surface area contributed by atoms with Crippen LogP contribution >= 0.6 is 11.6 Å². The summed E-state index contributed by atoms with van der Waals surface area (Å²) in [5.41, 5.74) is 0.275. The van der Waals surface area contributed by atoms with Crippen molar-refractivity contribution in [3.63, 3.8) is 0 Å². The van der Waals surface area contributed by atoms with Crippen molar-refractivity contribution in [1.82, 2.24) is 19.9 Å². The molecule has 1 aromatic carbocycles. The number of nitrogens with one attached hydrogen (secondary N) is 1. The molecular weight excluding hydrogens is 514 g/mol. The number of likely N-dealkylation sites (tertiary alicyclic amines) is 1. The minimum atomic E-state index is -0.897. The molecule has 198 valence electrons. The van der Waals surface area contributed by atoms with Crippen molar-refractivity contribution in [3.8, 4) is 11.9 Å². The lowest BCUT2D eigenvalue weighted by molar-refractivity contribution is 0.00706. The molecule has 0 saturated carbocycles. The van der Waals surface area contributed by atoms with Crippen molar-refractivity contribution in [1.29, 1.82) is 0 Å². The van der Waals surface area contributed by atoms with Gasteiger partial charge in [0.25, 0.3) is 11.9 Å². The summed E-state index contributed by atoms with van der Waals surface area (Å²) >= 11 is 6.28. The van der Waals surface area contributed by atoms with E-state index in [1.54, 1.807) is 4.90 Å². The molecule has 0 aliphatic carbocycles. The highest BCUT2D eigenvalue weighted by Gasteiger charge is 2.48.